The van der Waals surface area contributed by atoms with Crippen LogP contribution in [0.2, 0.25) is 0 Å². The van der Waals surface area contributed by atoms with Crippen LogP contribution in [0.25, 0.3) is 0 Å². The van der Waals surface area contributed by atoms with Gasteiger partial charge in [0.05, 0.1) is 25.4 Å². The van der Waals surface area contributed by atoms with Crippen LogP contribution in [-0.2, 0) is 0 Å². The molecular formula is C17H19NO3. The van der Waals surface area contributed by atoms with Crippen molar-refractivity contribution >= 4 is 0 Å². The molecule has 21 heavy (non-hydrogen) atoms. The Bertz CT molecular complexity index is 600. The van der Waals surface area contributed by atoms with Gasteiger partial charge in [-0.15, -0.1) is 0 Å². The van der Waals surface area contributed by atoms with E-state index in [1.807, 2.05) is 48.5 Å². The van der Waals surface area contributed by atoms with Gasteiger partial charge in [0.15, 0.2) is 11.5 Å². The van der Waals surface area contributed by atoms with Gasteiger partial charge >= 0.3 is 0 Å². The highest BCUT2D eigenvalue weighted by Crippen LogP contribution is 2.35. The molecule has 1 aliphatic rings. The normalized spacial score (nSPS) is 16.9. The van der Waals surface area contributed by atoms with Crippen LogP contribution < -0.4 is 15.2 Å². The summed E-state index contributed by atoms with van der Waals surface area (Å²) in [7, 11) is 0. The van der Waals surface area contributed by atoms with Gasteiger partial charge in [0.2, 0.25) is 0 Å². The lowest BCUT2D eigenvalue weighted by Crippen LogP contribution is -2.19. The summed E-state index contributed by atoms with van der Waals surface area (Å²) in [6.45, 7) is 1.27. The lowest BCUT2D eigenvalue weighted by molar-refractivity contribution is 0.146. The number of hydrogen-bond donors (Lipinski definition) is 2. The molecule has 2 unspecified atom stereocenters. The molecule has 1 aliphatic heterocycles. The van der Waals surface area contributed by atoms with E-state index in [9.17, 15) is 5.11 Å². The van der Waals surface area contributed by atoms with Crippen LogP contribution in [0.3, 0.4) is 0 Å². The van der Waals surface area contributed by atoms with Crippen molar-refractivity contribution in [1.82, 2.24) is 0 Å². The Morgan fingerprint density at radius 2 is 1.62 bits per heavy atom. The topological polar surface area (TPSA) is 64.7 Å². The van der Waals surface area contributed by atoms with E-state index in [4.69, 9.17) is 15.2 Å². The van der Waals surface area contributed by atoms with Crippen molar-refractivity contribution in [2.24, 2.45) is 5.73 Å². The lowest BCUT2D eigenvalue weighted by atomic mass is 9.96. The van der Waals surface area contributed by atoms with Crippen LogP contribution in [0, 0.1) is 0 Å². The Kier molecular flexibility index (Phi) is 4.08. The van der Waals surface area contributed by atoms with E-state index in [1.165, 1.54) is 0 Å². The fourth-order valence-electron chi connectivity index (χ4n) is 2.43. The van der Waals surface area contributed by atoms with Crippen molar-refractivity contribution in [2.45, 2.75) is 18.6 Å². The molecule has 4 nitrogen and oxygen atoms in total. The monoisotopic (exact) mass is 285 g/mol. The number of aliphatic hydroxyl groups is 1. The van der Waals surface area contributed by atoms with Gasteiger partial charge in [-0.05, 0) is 23.3 Å². The summed E-state index contributed by atoms with van der Waals surface area (Å²) in [5.74, 6) is 1.39. The van der Waals surface area contributed by atoms with Crippen molar-refractivity contribution in [2.75, 3.05) is 13.2 Å². The molecular weight excluding hydrogens is 266 g/mol. The molecule has 0 radical (unpaired) electrons. The minimum atomic E-state index is -0.787. The highest BCUT2D eigenvalue weighted by molar-refractivity contribution is 5.44. The average molecular weight is 285 g/mol. The zero-order chi connectivity index (χ0) is 14.7. The fraction of sp³-hybridized carbons (Fsp3) is 0.294. The van der Waals surface area contributed by atoms with E-state index in [2.05, 4.69) is 0 Å². The van der Waals surface area contributed by atoms with Gasteiger partial charge in [-0.2, -0.15) is 0 Å². The summed E-state index contributed by atoms with van der Waals surface area (Å²) in [6.07, 6.45) is 0.0698. The van der Waals surface area contributed by atoms with E-state index in [0.29, 0.717) is 19.0 Å². The molecule has 4 heteroatoms. The summed E-state index contributed by atoms with van der Waals surface area (Å²) >= 11 is 0. The molecule has 0 fully saturated rings. The van der Waals surface area contributed by atoms with Crippen molar-refractivity contribution in [3.05, 3.63) is 59.7 Å². The quantitative estimate of drug-likeness (QED) is 0.909. The molecule has 1 heterocycles. The molecule has 0 aliphatic carbocycles. The average Bonchev–Trinajstić information content (AvgIpc) is 2.79. The van der Waals surface area contributed by atoms with Crippen molar-refractivity contribution in [3.8, 4) is 11.5 Å². The van der Waals surface area contributed by atoms with E-state index in [0.717, 1.165) is 23.3 Å². The highest BCUT2D eigenvalue weighted by atomic mass is 16.5. The molecule has 2 atom stereocenters. The number of fused-ring (bicyclic) bond motifs is 1. The minimum Gasteiger partial charge on any atom is -0.490 e. The lowest BCUT2D eigenvalue weighted by Gasteiger charge is -2.20. The van der Waals surface area contributed by atoms with Gasteiger partial charge < -0.3 is 20.3 Å². The first-order chi connectivity index (χ1) is 10.3. The molecule has 0 amide bonds. The van der Waals surface area contributed by atoms with Crippen molar-refractivity contribution in [1.29, 1.82) is 0 Å². The second-order valence-corrected chi connectivity index (χ2v) is 5.14. The summed E-state index contributed by atoms with van der Waals surface area (Å²) in [4.78, 5) is 0. The molecule has 0 saturated carbocycles. The predicted octanol–water partition coefficient (Wildman–Crippen LogP) is 2.58. The van der Waals surface area contributed by atoms with Gasteiger partial charge in [-0.25, -0.2) is 0 Å². The highest BCUT2D eigenvalue weighted by Gasteiger charge is 2.21. The van der Waals surface area contributed by atoms with Crippen LogP contribution in [-0.4, -0.2) is 18.3 Å². The summed E-state index contributed by atoms with van der Waals surface area (Å²) in [5, 5.41) is 10.5. The molecule has 3 N–H and O–H groups in total. The maximum absolute atomic E-state index is 10.5. The molecule has 2 aromatic rings. The molecule has 0 aromatic heterocycles. The number of hydrogen-bond acceptors (Lipinski definition) is 4. The summed E-state index contributed by atoms with van der Waals surface area (Å²) < 4.78 is 11.2. The third-order valence-corrected chi connectivity index (χ3v) is 3.64. The first kappa shape index (κ1) is 13.9. The number of nitrogens with two attached hydrogens (primary N) is 1. The van der Waals surface area contributed by atoms with Crippen LogP contribution >= 0.6 is 0 Å². The standard InChI is InChI=1S/C17H19NO3/c18-16(12-5-2-1-3-6-12)17(19)13-7-8-14-15(11-13)21-10-4-9-20-14/h1-3,5-8,11,16-17,19H,4,9-10,18H2. The Morgan fingerprint density at radius 1 is 0.905 bits per heavy atom. The Balaban J connectivity index is 1.84. The molecule has 0 saturated heterocycles. The number of rotatable bonds is 3. The second kappa shape index (κ2) is 6.16. The third kappa shape index (κ3) is 3.01. The van der Waals surface area contributed by atoms with E-state index in [1.54, 1.807) is 0 Å². The Labute approximate surface area is 124 Å². The van der Waals surface area contributed by atoms with Crippen LogP contribution in [0.5, 0.6) is 11.5 Å². The van der Waals surface area contributed by atoms with Crippen molar-refractivity contribution in [3.63, 3.8) is 0 Å². The molecule has 0 spiro atoms. The van der Waals surface area contributed by atoms with Gasteiger partial charge in [0.25, 0.3) is 0 Å². The third-order valence-electron chi connectivity index (χ3n) is 3.64. The van der Waals surface area contributed by atoms with E-state index in [-0.39, 0.29) is 0 Å². The first-order valence-corrected chi connectivity index (χ1v) is 7.14. The van der Waals surface area contributed by atoms with Crippen LogP contribution in [0.1, 0.15) is 29.7 Å². The van der Waals surface area contributed by atoms with Gasteiger partial charge in [-0.1, -0.05) is 36.4 Å². The number of ether oxygens (including phenoxy) is 2. The number of aliphatic hydroxyl groups excluding tert-OH is 1. The summed E-state index contributed by atoms with van der Waals surface area (Å²) in [5.41, 5.74) is 7.79. The smallest absolute Gasteiger partial charge is 0.161 e. The van der Waals surface area contributed by atoms with Crippen LogP contribution in [0.15, 0.2) is 48.5 Å². The van der Waals surface area contributed by atoms with Gasteiger partial charge in [0, 0.05) is 6.42 Å². The SMILES string of the molecule is NC(c1ccccc1)C(O)c1ccc2c(c1)OCCCO2. The maximum Gasteiger partial charge on any atom is 0.161 e. The molecule has 2 aromatic carbocycles. The first-order valence-electron chi connectivity index (χ1n) is 7.14. The van der Waals surface area contributed by atoms with Gasteiger partial charge in [-0.3, -0.25) is 0 Å². The number of benzene rings is 2. The predicted molar refractivity (Wildman–Crippen MR) is 80.4 cm³/mol. The Morgan fingerprint density at radius 3 is 2.38 bits per heavy atom. The zero-order valence-corrected chi connectivity index (χ0v) is 11.7. The van der Waals surface area contributed by atoms with E-state index >= 15 is 0 Å². The second-order valence-electron chi connectivity index (χ2n) is 5.14. The zero-order valence-electron chi connectivity index (χ0n) is 11.7. The molecule has 110 valence electrons. The minimum absolute atomic E-state index is 0.476. The Hall–Kier alpha value is -2.04. The molecule has 3 rings (SSSR count). The maximum atomic E-state index is 10.5. The van der Waals surface area contributed by atoms with E-state index < -0.39 is 12.1 Å². The largest absolute Gasteiger partial charge is 0.490 e. The van der Waals surface area contributed by atoms with Gasteiger partial charge in [0.1, 0.15) is 0 Å². The summed E-state index contributed by atoms with van der Waals surface area (Å²) in [6, 6.07) is 14.6. The van der Waals surface area contributed by atoms with Crippen LogP contribution in [0.4, 0.5) is 0 Å². The van der Waals surface area contributed by atoms with Crippen molar-refractivity contribution < 1.29 is 14.6 Å². The fourth-order valence-corrected chi connectivity index (χ4v) is 2.43. The molecule has 0 bridgehead atoms.